The molecule has 1 aromatic heterocycles. The zero-order chi connectivity index (χ0) is 13.7. The van der Waals surface area contributed by atoms with Crippen LogP contribution in [0.3, 0.4) is 0 Å². The van der Waals surface area contributed by atoms with Crippen LogP contribution < -0.4 is 5.73 Å². The van der Waals surface area contributed by atoms with E-state index in [1.165, 1.54) is 17.8 Å². The van der Waals surface area contributed by atoms with E-state index in [2.05, 4.69) is 10.1 Å². The van der Waals surface area contributed by atoms with E-state index >= 15 is 0 Å². The molecule has 0 fully saturated rings. The van der Waals surface area contributed by atoms with Crippen LogP contribution in [0.1, 0.15) is 37.5 Å². The smallest absolute Gasteiger partial charge is 0.243 e. The van der Waals surface area contributed by atoms with Crippen LogP contribution in [0.2, 0.25) is 0 Å². The van der Waals surface area contributed by atoms with Crippen molar-refractivity contribution < 1.29 is 8.91 Å². The lowest BCUT2D eigenvalue weighted by molar-refractivity contribution is 0.345. The summed E-state index contributed by atoms with van der Waals surface area (Å²) in [6.07, 6.45) is 1.77. The fourth-order valence-corrected chi connectivity index (χ4v) is 2.40. The molecule has 1 atom stereocenters. The summed E-state index contributed by atoms with van der Waals surface area (Å²) in [5.41, 5.74) is 5.89. The Hall–Kier alpha value is -1.40. The number of aromatic nitrogens is 2. The monoisotopic (exact) mass is 281 g/mol. The molecule has 1 aromatic carbocycles. The highest BCUT2D eigenvalue weighted by molar-refractivity contribution is 7.98. The lowest BCUT2D eigenvalue weighted by atomic mass is 10.2. The maximum Gasteiger partial charge on any atom is 0.243 e. The average Bonchev–Trinajstić information content (AvgIpc) is 2.87. The van der Waals surface area contributed by atoms with Crippen molar-refractivity contribution in [1.29, 1.82) is 0 Å². The largest absolute Gasteiger partial charge is 0.338 e. The second-order valence-corrected chi connectivity index (χ2v) is 5.18. The lowest BCUT2D eigenvalue weighted by Crippen LogP contribution is -2.10. The molecule has 19 heavy (non-hydrogen) atoms. The van der Waals surface area contributed by atoms with Gasteiger partial charge in [0, 0.05) is 4.90 Å². The molecule has 4 nitrogen and oxygen atoms in total. The second-order valence-electron chi connectivity index (χ2n) is 4.16. The average molecular weight is 281 g/mol. The number of thioether (sulfide) groups is 1. The first kappa shape index (κ1) is 14.0. The molecule has 2 N–H and O–H groups in total. The Morgan fingerprint density at radius 3 is 2.95 bits per heavy atom. The van der Waals surface area contributed by atoms with Crippen LogP contribution in [0.15, 0.2) is 33.7 Å². The van der Waals surface area contributed by atoms with Gasteiger partial charge in [0.1, 0.15) is 5.82 Å². The number of rotatable bonds is 6. The fourth-order valence-electron chi connectivity index (χ4n) is 1.62. The molecule has 0 radical (unpaired) electrons. The highest BCUT2D eigenvalue weighted by Gasteiger charge is 2.14. The van der Waals surface area contributed by atoms with E-state index < -0.39 is 0 Å². The maximum atomic E-state index is 13.4. The Bertz CT molecular complexity index is 532. The molecule has 0 spiro atoms. The topological polar surface area (TPSA) is 64.9 Å². The van der Waals surface area contributed by atoms with Crippen molar-refractivity contribution in [2.24, 2.45) is 5.73 Å². The Morgan fingerprint density at radius 2 is 2.21 bits per heavy atom. The minimum atomic E-state index is -0.237. The summed E-state index contributed by atoms with van der Waals surface area (Å²) in [4.78, 5) is 4.80. The third kappa shape index (κ3) is 3.78. The van der Waals surface area contributed by atoms with Crippen molar-refractivity contribution in [2.75, 3.05) is 0 Å². The lowest BCUT2D eigenvalue weighted by Gasteiger charge is -2.02. The minimum Gasteiger partial charge on any atom is -0.338 e. The summed E-state index contributed by atoms with van der Waals surface area (Å²) < 4.78 is 18.5. The van der Waals surface area contributed by atoms with Gasteiger partial charge in [-0.1, -0.05) is 30.6 Å². The van der Waals surface area contributed by atoms with Crippen LogP contribution in [-0.4, -0.2) is 10.1 Å². The summed E-state index contributed by atoms with van der Waals surface area (Å²) >= 11 is 1.34. The number of hydrogen-bond acceptors (Lipinski definition) is 5. The molecule has 0 saturated heterocycles. The van der Waals surface area contributed by atoms with E-state index in [9.17, 15) is 4.39 Å². The normalized spacial score (nSPS) is 12.6. The standard InChI is InChI=1S/C13H16FN3OS/c1-2-5-10(15)13-16-12(17-18-13)8-19-11-7-4-3-6-9(11)14/h3-4,6-7,10H,2,5,8,15H2,1H3. The van der Waals surface area contributed by atoms with Gasteiger partial charge in [0.2, 0.25) is 5.89 Å². The summed E-state index contributed by atoms with van der Waals surface area (Å²) in [7, 11) is 0. The molecule has 102 valence electrons. The van der Waals surface area contributed by atoms with Gasteiger partial charge < -0.3 is 10.3 Å². The summed E-state index contributed by atoms with van der Waals surface area (Å²) in [5, 5.41) is 3.85. The van der Waals surface area contributed by atoms with Crippen LogP contribution in [0.4, 0.5) is 4.39 Å². The Labute approximate surface area is 115 Å². The number of hydrogen-bond donors (Lipinski definition) is 1. The molecule has 2 aromatic rings. The van der Waals surface area contributed by atoms with Gasteiger partial charge in [0.05, 0.1) is 11.8 Å². The first-order valence-electron chi connectivity index (χ1n) is 6.16. The van der Waals surface area contributed by atoms with Gasteiger partial charge in [-0.3, -0.25) is 0 Å². The number of halogens is 1. The minimum absolute atomic E-state index is 0.218. The molecule has 0 aliphatic heterocycles. The van der Waals surface area contributed by atoms with Gasteiger partial charge in [-0.25, -0.2) is 4.39 Å². The third-order valence-corrected chi connectivity index (χ3v) is 3.64. The zero-order valence-electron chi connectivity index (χ0n) is 10.7. The van der Waals surface area contributed by atoms with Crippen molar-refractivity contribution in [1.82, 2.24) is 10.1 Å². The van der Waals surface area contributed by atoms with E-state index in [0.717, 1.165) is 12.8 Å². The van der Waals surface area contributed by atoms with E-state index in [1.54, 1.807) is 18.2 Å². The molecule has 6 heteroatoms. The molecular formula is C13H16FN3OS. The van der Waals surface area contributed by atoms with Crippen molar-refractivity contribution >= 4 is 11.8 Å². The predicted octanol–water partition coefficient (Wildman–Crippen LogP) is 3.30. The fraction of sp³-hybridized carbons (Fsp3) is 0.385. The molecule has 1 unspecified atom stereocenters. The van der Waals surface area contributed by atoms with Crippen LogP contribution in [-0.2, 0) is 5.75 Å². The first-order chi connectivity index (χ1) is 9.20. The van der Waals surface area contributed by atoms with Gasteiger partial charge in [-0.2, -0.15) is 4.98 Å². The predicted molar refractivity (Wildman–Crippen MR) is 72.1 cm³/mol. The van der Waals surface area contributed by atoms with Gasteiger partial charge in [0.25, 0.3) is 0 Å². The SMILES string of the molecule is CCCC(N)c1nc(CSc2ccccc2F)no1. The quantitative estimate of drug-likeness (QED) is 0.823. The van der Waals surface area contributed by atoms with Crippen LogP contribution in [0, 0.1) is 5.82 Å². The van der Waals surface area contributed by atoms with Crippen molar-refractivity contribution in [3.8, 4) is 0 Å². The highest BCUT2D eigenvalue weighted by Crippen LogP contribution is 2.24. The van der Waals surface area contributed by atoms with Crippen LogP contribution in [0.25, 0.3) is 0 Å². The molecule has 2 rings (SSSR count). The Morgan fingerprint density at radius 1 is 1.42 bits per heavy atom. The van der Waals surface area contributed by atoms with Crippen molar-refractivity contribution in [3.63, 3.8) is 0 Å². The molecule has 0 saturated carbocycles. The summed E-state index contributed by atoms with van der Waals surface area (Å²) in [6, 6.07) is 6.40. The highest BCUT2D eigenvalue weighted by atomic mass is 32.2. The van der Waals surface area contributed by atoms with Gasteiger partial charge >= 0.3 is 0 Å². The molecular weight excluding hydrogens is 265 g/mol. The summed E-state index contributed by atoms with van der Waals surface area (Å²) in [5.74, 6) is 1.21. The van der Waals surface area contributed by atoms with E-state index in [4.69, 9.17) is 10.3 Å². The van der Waals surface area contributed by atoms with Crippen molar-refractivity contribution in [2.45, 2.75) is 36.5 Å². The first-order valence-corrected chi connectivity index (χ1v) is 7.14. The Kier molecular flexibility index (Phi) is 4.93. The van der Waals surface area contributed by atoms with Crippen LogP contribution in [0.5, 0.6) is 0 Å². The molecule has 1 heterocycles. The molecule has 0 bridgehead atoms. The third-order valence-electron chi connectivity index (χ3n) is 2.59. The van der Waals surface area contributed by atoms with Gasteiger partial charge in [-0.05, 0) is 18.6 Å². The van der Waals surface area contributed by atoms with Gasteiger partial charge in [0.15, 0.2) is 5.82 Å². The van der Waals surface area contributed by atoms with E-state index in [1.807, 2.05) is 6.92 Å². The van der Waals surface area contributed by atoms with Crippen molar-refractivity contribution in [3.05, 3.63) is 41.8 Å². The van der Waals surface area contributed by atoms with Crippen LogP contribution >= 0.6 is 11.8 Å². The van der Waals surface area contributed by atoms with Gasteiger partial charge in [-0.15, -0.1) is 11.8 Å². The van der Waals surface area contributed by atoms with E-state index in [0.29, 0.717) is 22.4 Å². The number of benzene rings is 1. The maximum absolute atomic E-state index is 13.4. The summed E-state index contributed by atoms with van der Waals surface area (Å²) in [6.45, 7) is 2.05. The number of nitrogens with zero attached hydrogens (tertiary/aromatic N) is 2. The molecule has 0 amide bonds. The zero-order valence-corrected chi connectivity index (χ0v) is 11.5. The second kappa shape index (κ2) is 6.68. The number of nitrogens with two attached hydrogens (primary N) is 1. The molecule has 0 aliphatic carbocycles. The van der Waals surface area contributed by atoms with E-state index in [-0.39, 0.29) is 11.9 Å². The molecule has 0 aliphatic rings. The Balaban J connectivity index is 1.95.